The second-order valence-electron chi connectivity index (χ2n) is 2.06. The topological polar surface area (TPSA) is 30.2 Å². The molecule has 0 spiro atoms. The van der Waals surface area contributed by atoms with Crippen LogP contribution in [-0.4, -0.2) is 12.2 Å². The van der Waals surface area contributed by atoms with E-state index in [4.69, 9.17) is 16.0 Å². The molecule has 0 radical (unpaired) electrons. The van der Waals surface area contributed by atoms with Gasteiger partial charge < -0.3 is 4.42 Å². The number of aldehydes is 1. The Hall–Kier alpha value is -1.20. The maximum Gasteiger partial charge on any atom is 0.185 e. The van der Waals surface area contributed by atoms with E-state index in [0.29, 0.717) is 30.1 Å². The van der Waals surface area contributed by atoms with E-state index in [1.165, 1.54) is 0 Å². The molecule has 0 saturated carbocycles. The molecule has 1 heterocycles. The normalized spacial score (nSPS) is 8.75. The molecule has 3 heteroatoms. The summed E-state index contributed by atoms with van der Waals surface area (Å²) < 4.78 is 4.99. The maximum atomic E-state index is 10.2. The van der Waals surface area contributed by atoms with Crippen LogP contribution in [0, 0.1) is 11.8 Å². The number of hydrogen-bond donors (Lipinski definition) is 0. The Morgan fingerprint density at radius 3 is 3.00 bits per heavy atom. The third-order valence-corrected chi connectivity index (χ3v) is 1.36. The van der Waals surface area contributed by atoms with Crippen LogP contribution in [-0.2, 0) is 0 Å². The highest BCUT2D eigenvalue weighted by molar-refractivity contribution is 6.18. The fraction of sp³-hybridized carbons (Fsp3) is 0.222. The van der Waals surface area contributed by atoms with Gasteiger partial charge in [-0.2, -0.15) is 0 Å². The average Bonchev–Trinajstić information content (AvgIpc) is 2.53. The van der Waals surface area contributed by atoms with Crippen molar-refractivity contribution in [1.29, 1.82) is 0 Å². The van der Waals surface area contributed by atoms with Crippen molar-refractivity contribution in [3.05, 3.63) is 23.7 Å². The molecule has 0 fully saturated rings. The predicted octanol–water partition coefficient (Wildman–Crippen LogP) is 2.07. The Balaban J connectivity index is 2.65. The second kappa shape index (κ2) is 4.63. The highest BCUT2D eigenvalue weighted by Gasteiger charge is 1.95. The Morgan fingerprint density at radius 2 is 2.42 bits per heavy atom. The van der Waals surface area contributed by atoms with E-state index in [1.807, 2.05) is 0 Å². The van der Waals surface area contributed by atoms with Crippen molar-refractivity contribution < 1.29 is 9.21 Å². The Morgan fingerprint density at radius 1 is 1.58 bits per heavy atom. The van der Waals surface area contributed by atoms with Crippen LogP contribution in [0.3, 0.4) is 0 Å². The van der Waals surface area contributed by atoms with E-state index >= 15 is 0 Å². The third kappa shape index (κ3) is 2.44. The summed E-state index contributed by atoms with van der Waals surface area (Å²) in [4.78, 5) is 10.2. The van der Waals surface area contributed by atoms with Crippen LogP contribution in [0.25, 0.3) is 0 Å². The summed E-state index contributed by atoms with van der Waals surface area (Å²) in [5, 5.41) is 0. The minimum atomic E-state index is 0.296. The molecule has 0 aliphatic heterocycles. The first kappa shape index (κ1) is 8.89. The molecule has 2 nitrogen and oxygen atoms in total. The van der Waals surface area contributed by atoms with Gasteiger partial charge in [-0.1, -0.05) is 5.92 Å². The zero-order chi connectivity index (χ0) is 8.81. The van der Waals surface area contributed by atoms with E-state index < -0.39 is 0 Å². The molecule has 12 heavy (non-hydrogen) atoms. The van der Waals surface area contributed by atoms with Gasteiger partial charge in [-0.3, -0.25) is 4.79 Å². The lowest BCUT2D eigenvalue weighted by molar-refractivity contribution is 0.110. The highest BCUT2D eigenvalue weighted by Crippen LogP contribution is 2.03. The van der Waals surface area contributed by atoms with Gasteiger partial charge in [0.2, 0.25) is 0 Å². The van der Waals surface area contributed by atoms with Crippen LogP contribution in [0.15, 0.2) is 16.5 Å². The number of carbonyl (C=O) groups excluding carboxylic acids is 1. The van der Waals surface area contributed by atoms with Crippen molar-refractivity contribution in [1.82, 2.24) is 0 Å². The van der Waals surface area contributed by atoms with Gasteiger partial charge in [-0.05, 0) is 18.1 Å². The second-order valence-corrected chi connectivity index (χ2v) is 2.44. The average molecular weight is 183 g/mol. The molecule has 0 saturated heterocycles. The first-order valence-electron chi connectivity index (χ1n) is 3.46. The van der Waals surface area contributed by atoms with E-state index in [0.717, 1.165) is 0 Å². The van der Waals surface area contributed by atoms with Crippen LogP contribution >= 0.6 is 11.6 Å². The maximum absolute atomic E-state index is 10.2. The molecule has 0 aliphatic rings. The summed E-state index contributed by atoms with van der Waals surface area (Å²) in [5.41, 5.74) is 0. The smallest absolute Gasteiger partial charge is 0.185 e. The fourth-order valence-electron chi connectivity index (χ4n) is 0.680. The van der Waals surface area contributed by atoms with Crippen molar-refractivity contribution >= 4 is 17.9 Å². The molecule has 0 bridgehead atoms. The van der Waals surface area contributed by atoms with Gasteiger partial charge in [-0.15, -0.1) is 11.6 Å². The minimum Gasteiger partial charge on any atom is -0.445 e. The molecule has 1 aromatic rings. The molecule has 0 aromatic carbocycles. The molecular formula is C9H7ClO2. The number of furan rings is 1. The predicted molar refractivity (Wildman–Crippen MR) is 46.3 cm³/mol. The van der Waals surface area contributed by atoms with Crippen molar-refractivity contribution in [3.63, 3.8) is 0 Å². The highest BCUT2D eigenvalue weighted by atomic mass is 35.5. The summed E-state index contributed by atoms with van der Waals surface area (Å²) in [7, 11) is 0. The molecule has 62 valence electrons. The summed E-state index contributed by atoms with van der Waals surface area (Å²) in [6.45, 7) is 0. The van der Waals surface area contributed by atoms with Crippen LogP contribution in [0.4, 0.5) is 0 Å². The Bertz CT molecular complexity index is 317. The number of rotatable bonds is 2. The number of carbonyl (C=O) groups is 1. The van der Waals surface area contributed by atoms with Gasteiger partial charge in [0, 0.05) is 12.3 Å². The summed E-state index contributed by atoms with van der Waals surface area (Å²) in [6.07, 6.45) is 1.27. The zero-order valence-electron chi connectivity index (χ0n) is 6.34. The molecule has 0 atom stereocenters. The first-order chi connectivity index (χ1) is 5.86. The fourth-order valence-corrected chi connectivity index (χ4v) is 0.775. The standard InChI is InChI=1S/C9H7ClO2/c10-6-2-1-3-8-4-5-9(7-11)12-8/h4-5,7H,2,6H2. The van der Waals surface area contributed by atoms with E-state index in [1.54, 1.807) is 12.1 Å². The van der Waals surface area contributed by atoms with Gasteiger partial charge in [-0.25, -0.2) is 0 Å². The lowest BCUT2D eigenvalue weighted by atomic mass is 10.4. The monoisotopic (exact) mass is 182 g/mol. The zero-order valence-corrected chi connectivity index (χ0v) is 7.10. The lowest BCUT2D eigenvalue weighted by Crippen LogP contribution is -1.70. The molecule has 1 rings (SSSR count). The SMILES string of the molecule is O=Cc1ccc(C#CCCCl)o1. The summed E-state index contributed by atoms with van der Waals surface area (Å²) >= 11 is 5.41. The van der Waals surface area contributed by atoms with E-state index in [-0.39, 0.29) is 0 Å². The van der Waals surface area contributed by atoms with Crippen molar-refractivity contribution in [2.45, 2.75) is 6.42 Å². The van der Waals surface area contributed by atoms with Crippen molar-refractivity contribution in [2.24, 2.45) is 0 Å². The van der Waals surface area contributed by atoms with E-state index in [9.17, 15) is 4.79 Å². The Kier molecular flexibility index (Phi) is 3.43. The van der Waals surface area contributed by atoms with Gasteiger partial charge in [0.05, 0.1) is 0 Å². The molecular weight excluding hydrogens is 176 g/mol. The summed E-state index contributed by atoms with van der Waals surface area (Å²) in [5.74, 6) is 6.84. The van der Waals surface area contributed by atoms with Crippen LogP contribution in [0.2, 0.25) is 0 Å². The Labute approximate surface area is 75.5 Å². The van der Waals surface area contributed by atoms with Crippen LogP contribution in [0.5, 0.6) is 0 Å². The first-order valence-corrected chi connectivity index (χ1v) is 4.00. The van der Waals surface area contributed by atoms with Crippen molar-refractivity contribution in [2.75, 3.05) is 5.88 Å². The number of alkyl halides is 1. The molecule has 0 N–H and O–H groups in total. The third-order valence-electron chi connectivity index (χ3n) is 1.17. The number of halogens is 1. The van der Waals surface area contributed by atoms with Crippen molar-refractivity contribution in [3.8, 4) is 11.8 Å². The van der Waals surface area contributed by atoms with Gasteiger partial charge in [0.25, 0.3) is 0 Å². The molecule has 0 amide bonds. The van der Waals surface area contributed by atoms with Crippen LogP contribution in [0.1, 0.15) is 22.7 Å². The summed E-state index contributed by atoms with van der Waals surface area (Å²) in [6, 6.07) is 3.24. The number of hydrogen-bond acceptors (Lipinski definition) is 2. The molecule has 0 unspecified atom stereocenters. The van der Waals surface area contributed by atoms with E-state index in [2.05, 4.69) is 11.8 Å². The lowest BCUT2D eigenvalue weighted by Gasteiger charge is -1.79. The van der Waals surface area contributed by atoms with Gasteiger partial charge in [0.1, 0.15) is 0 Å². The van der Waals surface area contributed by atoms with Gasteiger partial charge >= 0.3 is 0 Å². The molecule has 0 aliphatic carbocycles. The largest absolute Gasteiger partial charge is 0.445 e. The minimum absolute atomic E-state index is 0.296. The van der Waals surface area contributed by atoms with Gasteiger partial charge in [0.15, 0.2) is 17.8 Å². The molecule has 1 aromatic heterocycles. The van der Waals surface area contributed by atoms with Crippen LogP contribution < -0.4 is 0 Å². The quantitative estimate of drug-likeness (QED) is 0.398.